The molecule has 0 aliphatic heterocycles. The summed E-state index contributed by atoms with van der Waals surface area (Å²) in [5.74, 6) is -1.34. The quantitative estimate of drug-likeness (QED) is 0.344. The van der Waals surface area contributed by atoms with Gasteiger partial charge in [-0.2, -0.15) is 0 Å². The average Bonchev–Trinajstić information content (AvgIpc) is 2.39. The van der Waals surface area contributed by atoms with E-state index in [1.54, 1.807) is 13.8 Å². The lowest BCUT2D eigenvalue weighted by molar-refractivity contribution is -0.146. The topological polar surface area (TPSA) is 65.5 Å². The third-order valence-corrected chi connectivity index (χ3v) is 2.45. The van der Waals surface area contributed by atoms with Gasteiger partial charge in [0, 0.05) is 17.8 Å². The smallest absolute Gasteiger partial charge is 0.345 e. The number of carbonyl (C=O) groups excluding carboxylic acids is 2. The van der Waals surface area contributed by atoms with Crippen molar-refractivity contribution in [3.05, 3.63) is 41.2 Å². The predicted octanol–water partition coefficient (Wildman–Crippen LogP) is 1.99. The van der Waals surface area contributed by atoms with Crippen LogP contribution in [0.5, 0.6) is 0 Å². The maximum atomic E-state index is 11.7. The van der Waals surface area contributed by atoms with Gasteiger partial charge >= 0.3 is 11.9 Å². The number of aromatic nitrogens is 1. The first-order valence-electron chi connectivity index (χ1n) is 6.55. The van der Waals surface area contributed by atoms with Gasteiger partial charge in [-0.25, -0.2) is 9.59 Å². The molecule has 1 rings (SSSR count). The lowest BCUT2D eigenvalue weighted by Crippen LogP contribution is -2.18. The molecule has 5 nitrogen and oxygen atoms in total. The summed E-state index contributed by atoms with van der Waals surface area (Å²) in [7, 11) is 0. The Kier molecular flexibility index (Phi) is 6.43. The maximum Gasteiger partial charge on any atom is 0.345 e. The van der Waals surface area contributed by atoms with Crippen LogP contribution in [-0.4, -0.2) is 30.1 Å². The molecule has 0 aliphatic rings. The molecule has 0 atom stereocenters. The molecule has 0 N–H and O–H groups in total. The molecule has 20 heavy (non-hydrogen) atoms. The molecule has 1 aromatic heterocycles. The van der Waals surface area contributed by atoms with Crippen molar-refractivity contribution >= 4 is 11.9 Å². The molecule has 0 saturated heterocycles. The van der Waals surface area contributed by atoms with E-state index in [9.17, 15) is 9.59 Å². The molecule has 1 heterocycles. The molecular formula is C15H19NO4. The van der Waals surface area contributed by atoms with Gasteiger partial charge in [0.25, 0.3) is 0 Å². The highest BCUT2D eigenvalue weighted by molar-refractivity contribution is 6.14. The first kappa shape index (κ1) is 15.9. The number of hydrogen-bond acceptors (Lipinski definition) is 5. The Hall–Kier alpha value is -2.17. The summed E-state index contributed by atoms with van der Waals surface area (Å²) < 4.78 is 9.71. The van der Waals surface area contributed by atoms with E-state index < -0.39 is 11.9 Å². The van der Waals surface area contributed by atoms with E-state index in [1.807, 2.05) is 25.1 Å². The normalized spacial score (nSPS) is 9.75. The highest BCUT2D eigenvalue weighted by Gasteiger charge is 2.20. The number of esters is 2. The van der Waals surface area contributed by atoms with Crippen LogP contribution in [0.3, 0.4) is 0 Å². The van der Waals surface area contributed by atoms with Gasteiger partial charge in [-0.3, -0.25) is 4.98 Å². The third-order valence-electron chi connectivity index (χ3n) is 2.45. The van der Waals surface area contributed by atoms with E-state index in [0.717, 1.165) is 11.4 Å². The Morgan fingerprint density at radius 2 is 1.75 bits per heavy atom. The maximum absolute atomic E-state index is 11.7. The van der Waals surface area contributed by atoms with Gasteiger partial charge in [0.1, 0.15) is 5.57 Å². The van der Waals surface area contributed by atoms with Gasteiger partial charge in [0.2, 0.25) is 0 Å². The average molecular weight is 277 g/mol. The first-order valence-corrected chi connectivity index (χ1v) is 6.55. The molecule has 0 radical (unpaired) electrons. The fourth-order valence-electron chi connectivity index (χ4n) is 1.59. The largest absolute Gasteiger partial charge is 0.462 e. The number of hydrogen-bond donors (Lipinski definition) is 0. The van der Waals surface area contributed by atoms with Crippen molar-refractivity contribution in [1.29, 1.82) is 0 Å². The zero-order chi connectivity index (χ0) is 15.0. The van der Waals surface area contributed by atoms with E-state index in [0.29, 0.717) is 6.42 Å². The van der Waals surface area contributed by atoms with Crippen LogP contribution in [0.1, 0.15) is 25.2 Å². The van der Waals surface area contributed by atoms with Crippen LogP contribution in [0, 0.1) is 6.92 Å². The van der Waals surface area contributed by atoms with Crippen molar-refractivity contribution in [2.45, 2.75) is 27.2 Å². The van der Waals surface area contributed by atoms with E-state index in [2.05, 4.69) is 4.98 Å². The lowest BCUT2D eigenvalue weighted by Gasteiger charge is -2.06. The van der Waals surface area contributed by atoms with Crippen molar-refractivity contribution in [3.63, 3.8) is 0 Å². The molecule has 1 aromatic rings. The summed E-state index contributed by atoms with van der Waals surface area (Å²) in [4.78, 5) is 27.8. The van der Waals surface area contributed by atoms with Crippen LogP contribution in [0.15, 0.2) is 29.8 Å². The standard InChI is InChI=1S/C15H19NO4/c1-4-19-14(17)13(15(18)20-5-2)10-9-12-8-6-7-11(3)16-12/h6-8,10H,4-5,9H2,1-3H3. The molecule has 0 aliphatic carbocycles. The Morgan fingerprint density at radius 3 is 2.25 bits per heavy atom. The molecule has 0 saturated carbocycles. The molecule has 0 spiro atoms. The fraction of sp³-hybridized carbons (Fsp3) is 0.400. The monoisotopic (exact) mass is 277 g/mol. The number of aryl methyl sites for hydroxylation is 1. The third kappa shape index (κ3) is 4.84. The molecule has 5 heteroatoms. The van der Waals surface area contributed by atoms with Crippen LogP contribution in [0.4, 0.5) is 0 Å². The first-order chi connectivity index (χ1) is 9.58. The number of rotatable bonds is 6. The molecule has 108 valence electrons. The van der Waals surface area contributed by atoms with E-state index in [-0.39, 0.29) is 18.8 Å². The fourth-order valence-corrected chi connectivity index (χ4v) is 1.59. The van der Waals surface area contributed by atoms with Crippen LogP contribution in [0.2, 0.25) is 0 Å². The molecule has 0 bridgehead atoms. The Bertz CT molecular complexity index is 488. The Labute approximate surface area is 118 Å². The van der Waals surface area contributed by atoms with Crippen molar-refractivity contribution in [2.75, 3.05) is 13.2 Å². The molecular weight excluding hydrogens is 258 g/mol. The second kappa shape index (κ2) is 8.09. The lowest BCUT2D eigenvalue weighted by atomic mass is 10.1. The minimum absolute atomic E-state index is 0.0861. The van der Waals surface area contributed by atoms with Gasteiger partial charge < -0.3 is 9.47 Å². The number of allylic oxidation sites excluding steroid dienone is 1. The van der Waals surface area contributed by atoms with Crippen LogP contribution < -0.4 is 0 Å². The summed E-state index contributed by atoms with van der Waals surface area (Å²) in [6.07, 6.45) is 1.87. The van der Waals surface area contributed by atoms with E-state index >= 15 is 0 Å². The van der Waals surface area contributed by atoms with Gasteiger partial charge in [0.05, 0.1) is 13.2 Å². The summed E-state index contributed by atoms with van der Waals surface area (Å²) in [5, 5.41) is 0. The molecule has 0 aromatic carbocycles. The minimum atomic E-state index is -0.668. The Balaban J connectivity index is 2.89. The van der Waals surface area contributed by atoms with Crippen molar-refractivity contribution in [1.82, 2.24) is 4.98 Å². The highest BCUT2D eigenvalue weighted by atomic mass is 16.6. The SMILES string of the molecule is CCOC(=O)C(=CCc1cccc(C)n1)C(=O)OCC. The highest BCUT2D eigenvalue weighted by Crippen LogP contribution is 2.06. The second-order valence-corrected chi connectivity index (χ2v) is 4.03. The second-order valence-electron chi connectivity index (χ2n) is 4.03. The Morgan fingerprint density at radius 1 is 1.15 bits per heavy atom. The summed E-state index contributed by atoms with van der Waals surface area (Å²) in [6, 6.07) is 5.59. The molecule has 0 unspecified atom stereocenters. The van der Waals surface area contributed by atoms with E-state index in [1.165, 1.54) is 6.08 Å². The number of nitrogens with zero attached hydrogens (tertiary/aromatic N) is 1. The van der Waals surface area contributed by atoms with Crippen molar-refractivity contribution in [2.24, 2.45) is 0 Å². The van der Waals surface area contributed by atoms with Crippen LogP contribution in [-0.2, 0) is 25.5 Å². The molecule has 0 amide bonds. The van der Waals surface area contributed by atoms with Crippen molar-refractivity contribution < 1.29 is 19.1 Å². The minimum Gasteiger partial charge on any atom is -0.462 e. The predicted molar refractivity (Wildman–Crippen MR) is 74.0 cm³/mol. The van der Waals surface area contributed by atoms with Crippen LogP contribution >= 0.6 is 0 Å². The summed E-state index contributed by atoms with van der Waals surface area (Å²) in [6.45, 7) is 5.66. The van der Waals surface area contributed by atoms with E-state index in [4.69, 9.17) is 9.47 Å². The summed E-state index contributed by atoms with van der Waals surface area (Å²) >= 11 is 0. The number of ether oxygens (including phenoxy) is 2. The zero-order valence-electron chi connectivity index (χ0n) is 12.0. The summed E-state index contributed by atoms with van der Waals surface area (Å²) in [5.41, 5.74) is 1.57. The molecule has 0 fully saturated rings. The zero-order valence-corrected chi connectivity index (χ0v) is 12.0. The number of pyridine rings is 1. The van der Waals surface area contributed by atoms with Gasteiger partial charge in [0.15, 0.2) is 0 Å². The van der Waals surface area contributed by atoms with Crippen LogP contribution in [0.25, 0.3) is 0 Å². The van der Waals surface area contributed by atoms with Crippen molar-refractivity contribution in [3.8, 4) is 0 Å². The number of carbonyl (C=O) groups is 2. The van der Waals surface area contributed by atoms with Gasteiger partial charge in [-0.15, -0.1) is 0 Å². The van der Waals surface area contributed by atoms with Gasteiger partial charge in [-0.1, -0.05) is 12.1 Å². The van der Waals surface area contributed by atoms with Gasteiger partial charge in [-0.05, 0) is 32.9 Å².